The van der Waals surface area contributed by atoms with Crippen molar-refractivity contribution in [2.45, 2.75) is 19.4 Å². The van der Waals surface area contributed by atoms with Gasteiger partial charge in [0.1, 0.15) is 23.9 Å². The van der Waals surface area contributed by atoms with Gasteiger partial charge in [0.15, 0.2) is 0 Å². The SMILES string of the molecule is NC(=O)Cn1c(-c2ccc(F)cc2)ncc(NC(=O)CCc2ccccc2)c1=O. The molecule has 3 aromatic rings. The molecule has 7 nitrogen and oxygen atoms in total. The highest BCUT2D eigenvalue weighted by Crippen LogP contribution is 2.17. The highest BCUT2D eigenvalue weighted by atomic mass is 19.1. The summed E-state index contributed by atoms with van der Waals surface area (Å²) in [7, 11) is 0. The van der Waals surface area contributed by atoms with E-state index in [2.05, 4.69) is 10.3 Å². The van der Waals surface area contributed by atoms with Gasteiger partial charge in [0, 0.05) is 12.0 Å². The van der Waals surface area contributed by atoms with Gasteiger partial charge in [0.05, 0.1) is 6.20 Å². The molecule has 0 spiro atoms. The Hall–Kier alpha value is -3.81. The van der Waals surface area contributed by atoms with Crippen LogP contribution < -0.4 is 16.6 Å². The van der Waals surface area contributed by atoms with Crippen LogP contribution in [0, 0.1) is 5.82 Å². The molecule has 3 rings (SSSR count). The van der Waals surface area contributed by atoms with Crippen LogP contribution in [0.1, 0.15) is 12.0 Å². The van der Waals surface area contributed by atoms with Crippen LogP contribution in [-0.4, -0.2) is 21.4 Å². The molecule has 2 aromatic carbocycles. The Labute approximate surface area is 166 Å². The number of halogens is 1. The van der Waals surface area contributed by atoms with Crippen molar-refractivity contribution in [3.05, 3.63) is 82.5 Å². The van der Waals surface area contributed by atoms with Crippen LogP contribution in [0.2, 0.25) is 0 Å². The van der Waals surface area contributed by atoms with Crippen LogP contribution in [0.3, 0.4) is 0 Å². The number of primary amides is 1. The van der Waals surface area contributed by atoms with Crippen molar-refractivity contribution < 1.29 is 14.0 Å². The van der Waals surface area contributed by atoms with Gasteiger partial charge in [-0.15, -0.1) is 0 Å². The molecule has 148 valence electrons. The largest absolute Gasteiger partial charge is 0.368 e. The van der Waals surface area contributed by atoms with Gasteiger partial charge in [-0.2, -0.15) is 0 Å². The van der Waals surface area contributed by atoms with Crippen molar-refractivity contribution >= 4 is 17.5 Å². The van der Waals surface area contributed by atoms with Crippen LogP contribution in [0.15, 0.2) is 65.6 Å². The predicted molar refractivity (Wildman–Crippen MR) is 106 cm³/mol. The smallest absolute Gasteiger partial charge is 0.278 e. The predicted octanol–water partition coefficient (Wildman–Crippen LogP) is 2.11. The number of aromatic nitrogens is 2. The zero-order chi connectivity index (χ0) is 20.8. The number of hydrogen-bond acceptors (Lipinski definition) is 4. The molecule has 1 aromatic heterocycles. The standard InChI is InChI=1S/C21H19FN4O3/c22-16-9-7-15(8-10-16)20-24-12-17(21(29)26(20)13-18(23)27)25-19(28)11-6-14-4-2-1-3-5-14/h1-5,7-10,12H,6,11,13H2,(H2,23,27)(H,25,28). The number of hydrogen-bond donors (Lipinski definition) is 2. The van der Waals surface area contributed by atoms with Crippen molar-refractivity contribution in [2.75, 3.05) is 5.32 Å². The summed E-state index contributed by atoms with van der Waals surface area (Å²) in [4.78, 5) is 40.7. The lowest BCUT2D eigenvalue weighted by molar-refractivity contribution is -0.118. The third-order valence-electron chi connectivity index (χ3n) is 4.22. The van der Waals surface area contributed by atoms with E-state index in [-0.39, 0.29) is 23.8 Å². The zero-order valence-corrected chi connectivity index (χ0v) is 15.5. The average Bonchev–Trinajstić information content (AvgIpc) is 2.71. The molecule has 0 aliphatic rings. The fraction of sp³-hybridized carbons (Fsp3) is 0.143. The maximum absolute atomic E-state index is 13.2. The van der Waals surface area contributed by atoms with Crippen molar-refractivity contribution in [3.63, 3.8) is 0 Å². The lowest BCUT2D eigenvalue weighted by atomic mass is 10.1. The molecule has 0 aliphatic carbocycles. The van der Waals surface area contributed by atoms with E-state index in [9.17, 15) is 18.8 Å². The van der Waals surface area contributed by atoms with E-state index in [1.165, 1.54) is 30.5 Å². The number of rotatable bonds is 7. The lowest BCUT2D eigenvalue weighted by Gasteiger charge is -2.13. The van der Waals surface area contributed by atoms with Crippen LogP contribution in [-0.2, 0) is 22.6 Å². The number of nitrogens with one attached hydrogen (secondary N) is 1. The van der Waals surface area contributed by atoms with Crippen molar-refractivity contribution in [1.29, 1.82) is 0 Å². The normalized spacial score (nSPS) is 10.5. The van der Waals surface area contributed by atoms with Crippen LogP contribution in [0.4, 0.5) is 10.1 Å². The molecule has 2 amide bonds. The number of anilines is 1. The first-order valence-corrected chi connectivity index (χ1v) is 8.92. The van der Waals surface area contributed by atoms with Gasteiger partial charge in [0.2, 0.25) is 11.8 Å². The summed E-state index contributed by atoms with van der Waals surface area (Å²) >= 11 is 0. The first kappa shape index (κ1) is 19.9. The summed E-state index contributed by atoms with van der Waals surface area (Å²) in [5, 5.41) is 2.54. The van der Waals surface area contributed by atoms with Gasteiger partial charge in [-0.1, -0.05) is 30.3 Å². The Bertz CT molecular complexity index is 1080. The second kappa shape index (κ2) is 8.92. The summed E-state index contributed by atoms with van der Waals surface area (Å²) in [5.74, 6) is -1.39. The number of nitrogens with two attached hydrogens (primary N) is 1. The molecule has 0 aliphatic heterocycles. The Morgan fingerprint density at radius 3 is 2.41 bits per heavy atom. The van der Waals surface area contributed by atoms with E-state index in [0.29, 0.717) is 12.0 Å². The number of aryl methyl sites for hydroxylation is 1. The number of carbonyl (C=O) groups excluding carboxylic acids is 2. The highest BCUT2D eigenvalue weighted by Gasteiger charge is 2.15. The van der Waals surface area contributed by atoms with E-state index in [0.717, 1.165) is 10.1 Å². The van der Waals surface area contributed by atoms with E-state index in [4.69, 9.17) is 5.73 Å². The van der Waals surface area contributed by atoms with Crippen molar-refractivity contribution in [2.24, 2.45) is 5.73 Å². The monoisotopic (exact) mass is 394 g/mol. The minimum Gasteiger partial charge on any atom is -0.368 e. The Morgan fingerprint density at radius 1 is 1.07 bits per heavy atom. The summed E-state index contributed by atoms with van der Waals surface area (Å²) in [5.41, 5.74) is 6.01. The quantitative estimate of drug-likeness (QED) is 0.640. The molecule has 0 saturated carbocycles. The summed E-state index contributed by atoms with van der Waals surface area (Å²) in [6.07, 6.45) is 1.92. The Kier molecular flexibility index (Phi) is 6.13. The zero-order valence-electron chi connectivity index (χ0n) is 15.5. The number of benzene rings is 2. The molecule has 0 bridgehead atoms. The molecule has 29 heavy (non-hydrogen) atoms. The third kappa shape index (κ3) is 5.13. The molecule has 0 radical (unpaired) electrons. The van der Waals surface area contributed by atoms with Gasteiger partial charge < -0.3 is 11.1 Å². The molecule has 0 unspecified atom stereocenters. The highest BCUT2D eigenvalue weighted by molar-refractivity contribution is 5.90. The second-order valence-corrected chi connectivity index (χ2v) is 6.39. The van der Waals surface area contributed by atoms with Gasteiger partial charge >= 0.3 is 0 Å². The summed E-state index contributed by atoms with van der Waals surface area (Å²) in [6.45, 7) is -0.424. The van der Waals surface area contributed by atoms with Gasteiger partial charge in [0.25, 0.3) is 5.56 Å². The minimum atomic E-state index is -0.746. The summed E-state index contributed by atoms with van der Waals surface area (Å²) < 4.78 is 14.2. The maximum Gasteiger partial charge on any atom is 0.278 e. The maximum atomic E-state index is 13.2. The number of carbonyl (C=O) groups is 2. The first-order chi connectivity index (χ1) is 13.9. The van der Waals surface area contributed by atoms with Gasteiger partial charge in [-0.25, -0.2) is 9.37 Å². The Balaban J connectivity index is 1.84. The van der Waals surface area contributed by atoms with Crippen molar-refractivity contribution in [3.8, 4) is 11.4 Å². The molecule has 0 fully saturated rings. The Morgan fingerprint density at radius 2 is 1.76 bits per heavy atom. The van der Waals surface area contributed by atoms with Gasteiger partial charge in [-0.3, -0.25) is 19.0 Å². The van der Waals surface area contributed by atoms with Crippen LogP contribution in [0.5, 0.6) is 0 Å². The number of nitrogens with zero attached hydrogens (tertiary/aromatic N) is 2. The van der Waals surface area contributed by atoms with E-state index >= 15 is 0 Å². The third-order valence-corrected chi connectivity index (χ3v) is 4.22. The molecule has 1 heterocycles. The average molecular weight is 394 g/mol. The molecular weight excluding hydrogens is 375 g/mol. The minimum absolute atomic E-state index is 0.0600. The van der Waals surface area contributed by atoms with E-state index in [1.807, 2.05) is 30.3 Å². The molecular formula is C21H19FN4O3. The van der Waals surface area contributed by atoms with Crippen LogP contribution >= 0.6 is 0 Å². The lowest BCUT2D eigenvalue weighted by Crippen LogP contribution is -2.32. The fourth-order valence-electron chi connectivity index (χ4n) is 2.83. The molecule has 3 N–H and O–H groups in total. The molecule has 0 saturated heterocycles. The van der Waals surface area contributed by atoms with E-state index < -0.39 is 23.8 Å². The first-order valence-electron chi connectivity index (χ1n) is 8.92. The summed E-state index contributed by atoms with van der Waals surface area (Å²) in [6, 6.07) is 14.8. The van der Waals surface area contributed by atoms with Gasteiger partial charge in [-0.05, 0) is 36.2 Å². The molecule has 8 heteroatoms. The van der Waals surface area contributed by atoms with Crippen LogP contribution in [0.25, 0.3) is 11.4 Å². The molecule has 0 atom stereocenters. The second-order valence-electron chi connectivity index (χ2n) is 6.39. The topological polar surface area (TPSA) is 107 Å². The fourth-order valence-corrected chi connectivity index (χ4v) is 2.83. The van der Waals surface area contributed by atoms with E-state index in [1.54, 1.807) is 0 Å². The number of amides is 2. The van der Waals surface area contributed by atoms with Crippen molar-refractivity contribution in [1.82, 2.24) is 9.55 Å².